The zero-order chi connectivity index (χ0) is 14.9. The number of unbranched alkanes of at least 4 members (excludes halogenated alkanes) is 2. The number of carboxylic acid groups (broad SMARTS) is 1. The van der Waals surface area contributed by atoms with E-state index in [1.54, 1.807) is 0 Å². The summed E-state index contributed by atoms with van der Waals surface area (Å²) in [5, 5.41) is 11.6. The SMILES string of the molecule is CCC(CCCCCNC(=O)OC(C)(C)C)C(=O)O. The van der Waals surface area contributed by atoms with Gasteiger partial charge in [0, 0.05) is 6.54 Å². The van der Waals surface area contributed by atoms with Gasteiger partial charge in [0.2, 0.25) is 0 Å². The summed E-state index contributed by atoms with van der Waals surface area (Å²) in [6, 6.07) is 0. The lowest BCUT2D eigenvalue weighted by Crippen LogP contribution is -2.33. The van der Waals surface area contributed by atoms with Crippen LogP contribution < -0.4 is 5.32 Å². The number of amides is 1. The van der Waals surface area contributed by atoms with E-state index in [0.29, 0.717) is 19.4 Å². The average molecular weight is 273 g/mol. The molecule has 112 valence electrons. The monoisotopic (exact) mass is 273 g/mol. The molecule has 0 aromatic heterocycles. The van der Waals surface area contributed by atoms with Gasteiger partial charge in [0.1, 0.15) is 5.60 Å². The molecule has 0 aliphatic heterocycles. The second-order valence-corrected chi connectivity index (χ2v) is 5.72. The first-order valence-electron chi connectivity index (χ1n) is 6.96. The molecule has 0 rings (SSSR count). The molecule has 1 unspecified atom stereocenters. The maximum absolute atomic E-state index is 11.3. The highest BCUT2D eigenvalue weighted by Gasteiger charge is 2.16. The minimum Gasteiger partial charge on any atom is -0.481 e. The summed E-state index contributed by atoms with van der Waals surface area (Å²) >= 11 is 0. The van der Waals surface area contributed by atoms with Crippen LogP contribution in [0.1, 0.15) is 59.8 Å². The summed E-state index contributed by atoms with van der Waals surface area (Å²) in [5.41, 5.74) is -0.472. The van der Waals surface area contributed by atoms with E-state index in [-0.39, 0.29) is 5.92 Å². The van der Waals surface area contributed by atoms with E-state index >= 15 is 0 Å². The number of ether oxygens (including phenoxy) is 1. The normalized spacial score (nSPS) is 12.8. The summed E-state index contributed by atoms with van der Waals surface area (Å²) in [7, 11) is 0. The molecule has 0 saturated carbocycles. The number of aliphatic carboxylic acids is 1. The molecule has 0 aromatic rings. The quantitative estimate of drug-likeness (QED) is 0.666. The Morgan fingerprint density at radius 3 is 2.32 bits per heavy atom. The maximum Gasteiger partial charge on any atom is 0.407 e. The fourth-order valence-corrected chi connectivity index (χ4v) is 1.70. The van der Waals surface area contributed by atoms with Crippen LogP contribution in [0.5, 0.6) is 0 Å². The fraction of sp³-hybridized carbons (Fsp3) is 0.857. The molecule has 0 aliphatic carbocycles. The molecule has 1 amide bonds. The summed E-state index contributed by atoms with van der Waals surface area (Å²) in [5.74, 6) is -0.951. The van der Waals surface area contributed by atoms with Crippen LogP contribution >= 0.6 is 0 Å². The van der Waals surface area contributed by atoms with Crippen LogP contribution in [-0.2, 0) is 9.53 Å². The number of carboxylic acids is 1. The predicted molar refractivity (Wildman–Crippen MR) is 74.1 cm³/mol. The van der Waals surface area contributed by atoms with Crippen LogP contribution in [0.4, 0.5) is 4.79 Å². The van der Waals surface area contributed by atoms with Crippen molar-refractivity contribution in [1.29, 1.82) is 0 Å². The van der Waals surface area contributed by atoms with Gasteiger partial charge in [-0.15, -0.1) is 0 Å². The molecule has 0 aromatic carbocycles. The Morgan fingerprint density at radius 2 is 1.84 bits per heavy atom. The van der Waals surface area contributed by atoms with Crippen LogP contribution in [-0.4, -0.2) is 29.3 Å². The van der Waals surface area contributed by atoms with E-state index in [2.05, 4.69) is 5.32 Å². The number of rotatable bonds is 8. The number of alkyl carbamates (subject to hydrolysis) is 1. The van der Waals surface area contributed by atoms with Crippen LogP contribution in [0.25, 0.3) is 0 Å². The second kappa shape index (κ2) is 8.77. The average Bonchev–Trinajstić information content (AvgIpc) is 2.25. The number of carbonyl (C=O) groups excluding carboxylic acids is 1. The van der Waals surface area contributed by atoms with Gasteiger partial charge in [0.15, 0.2) is 0 Å². The number of carbonyl (C=O) groups is 2. The molecular weight excluding hydrogens is 246 g/mol. The Hall–Kier alpha value is -1.26. The van der Waals surface area contributed by atoms with Crippen molar-refractivity contribution in [1.82, 2.24) is 5.32 Å². The first-order chi connectivity index (χ1) is 8.76. The van der Waals surface area contributed by atoms with Gasteiger partial charge in [-0.2, -0.15) is 0 Å². The van der Waals surface area contributed by atoms with Gasteiger partial charge >= 0.3 is 12.1 Å². The third-order valence-electron chi connectivity index (χ3n) is 2.74. The topological polar surface area (TPSA) is 75.6 Å². The van der Waals surface area contributed by atoms with Crippen molar-refractivity contribution in [2.75, 3.05) is 6.54 Å². The van der Waals surface area contributed by atoms with Crippen LogP contribution in [0.3, 0.4) is 0 Å². The third-order valence-corrected chi connectivity index (χ3v) is 2.74. The second-order valence-electron chi connectivity index (χ2n) is 5.72. The number of hydrogen-bond acceptors (Lipinski definition) is 3. The lowest BCUT2D eigenvalue weighted by molar-refractivity contribution is -0.142. The highest BCUT2D eigenvalue weighted by molar-refractivity contribution is 5.69. The number of hydrogen-bond donors (Lipinski definition) is 2. The first-order valence-corrected chi connectivity index (χ1v) is 6.96. The molecular formula is C14H27NO4. The fourth-order valence-electron chi connectivity index (χ4n) is 1.70. The Balaban J connectivity index is 3.55. The van der Waals surface area contributed by atoms with Crippen molar-refractivity contribution >= 4 is 12.1 Å². The molecule has 5 heteroatoms. The largest absolute Gasteiger partial charge is 0.481 e. The smallest absolute Gasteiger partial charge is 0.407 e. The van der Waals surface area contributed by atoms with Crippen LogP contribution in [0, 0.1) is 5.92 Å². The van der Waals surface area contributed by atoms with Crippen molar-refractivity contribution in [2.45, 2.75) is 65.4 Å². The van der Waals surface area contributed by atoms with E-state index < -0.39 is 17.7 Å². The summed E-state index contributed by atoms with van der Waals surface area (Å²) in [6.45, 7) is 7.93. The minimum atomic E-state index is -0.714. The highest BCUT2D eigenvalue weighted by atomic mass is 16.6. The van der Waals surface area contributed by atoms with Gasteiger partial charge in [-0.3, -0.25) is 4.79 Å². The van der Waals surface area contributed by atoms with Crippen molar-refractivity contribution < 1.29 is 19.4 Å². The van der Waals surface area contributed by atoms with Gasteiger partial charge in [-0.05, 0) is 40.0 Å². The van der Waals surface area contributed by atoms with E-state index in [4.69, 9.17) is 9.84 Å². The van der Waals surface area contributed by atoms with Gasteiger partial charge in [-0.25, -0.2) is 4.79 Å². The molecule has 1 atom stereocenters. The van der Waals surface area contributed by atoms with Gasteiger partial charge in [-0.1, -0.05) is 19.8 Å². The zero-order valence-electron chi connectivity index (χ0n) is 12.5. The Kier molecular flexibility index (Phi) is 8.19. The third kappa shape index (κ3) is 10.4. The van der Waals surface area contributed by atoms with Crippen molar-refractivity contribution in [3.63, 3.8) is 0 Å². The highest BCUT2D eigenvalue weighted by Crippen LogP contribution is 2.13. The molecule has 0 aliphatic rings. The van der Waals surface area contributed by atoms with Gasteiger partial charge in [0.05, 0.1) is 5.92 Å². The molecule has 0 spiro atoms. The summed E-state index contributed by atoms with van der Waals surface area (Å²) in [4.78, 5) is 22.1. The summed E-state index contributed by atoms with van der Waals surface area (Å²) < 4.78 is 5.10. The molecule has 19 heavy (non-hydrogen) atoms. The molecule has 5 nitrogen and oxygen atoms in total. The molecule has 0 bridgehead atoms. The minimum absolute atomic E-state index is 0.237. The van der Waals surface area contributed by atoms with Crippen molar-refractivity contribution in [2.24, 2.45) is 5.92 Å². The first kappa shape index (κ1) is 17.7. The molecule has 0 heterocycles. The van der Waals surface area contributed by atoms with Gasteiger partial charge < -0.3 is 15.2 Å². The van der Waals surface area contributed by atoms with E-state index in [9.17, 15) is 9.59 Å². The van der Waals surface area contributed by atoms with Gasteiger partial charge in [0.25, 0.3) is 0 Å². The van der Waals surface area contributed by atoms with E-state index in [0.717, 1.165) is 19.3 Å². The summed E-state index contributed by atoms with van der Waals surface area (Å²) in [6.07, 6.45) is 3.61. The predicted octanol–water partition coefficient (Wildman–Crippen LogP) is 3.18. The molecule has 0 radical (unpaired) electrons. The van der Waals surface area contributed by atoms with Crippen LogP contribution in [0.2, 0.25) is 0 Å². The lowest BCUT2D eigenvalue weighted by Gasteiger charge is -2.19. The standard InChI is InChI=1S/C14H27NO4/c1-5-11(12(16)17)9-7-6-8-10-15-13(18)19-14(2,3)4/h11H,5-10H2,1-4H3,(H,15,18)(H,16,17). The van der Waals surface area contributed by atoms with E-state index in [1.165, 1.54) is 0 Å². The lowest BCUT2D eigenvalue weighted by atomic mass is 9.99. The van der Waals surface area contributed by atoms with Crippen LogP contribution in [0.15, 0.2) is 0 Å². The number of nitrogens with one attached hydrogen (secondary N) is 1. The Bertz CT molecular complexity index is 284. The van der Waals surface area contributed by atoms with Crippen molar-refractivity contribution in [3.05, 3.63) is 0 Å². The maximum atomic E-state index is 11.3. The van der Waals surface area contributed by atoms with E-state index in [1.807, 2.05) is 27.7 Å². The Morgan fingerprint density at radius 1 is 1.21 bits per heavy atom. The molecule has 2 N–H and O–H groups in total. The zero-order valence-corrected chi connectivity index (χ0v) is 12.5. The molecule has 0 saturated heterocycles. The Labute approximate surface area is 115 Å². The molecule has 0 fully saturated rings. The van der Waals surface area contributed by atoms with Crippen molar-refractivity contribution in [3.8, 4) is 0 Å².